The number of methoxy groups -OCH3 is 2. The van der Waals surface area contributed by atoms with Gasteiger partial charge in [-0.15, -0.1) is 0 Å². The third-order valence-corrected chi connectivity index (χ3v) is 5.28. The van der Waals surface area contributed by atoms with Crippen LogP contribution in [0.1, 0.15) is 24.1 Å². The maximum absolute atomic E-state index is 12.8. The molecule has 1 atom stereocenters. The fourth-order valence-corrected chi connectivity index (χ4v) is 3.57. The maximum atomic E-state index is 12.8. The van der Waals surface area contributed by atoms with Crippen LogP contribution in [0.25, 0.3) is 0 Å². The van der Waals surface area contributed by atoms with Gasteiger partial charge in [-0.2, -0.15) is 0 Å². The van der Waals surface area contributed by atoms with Crippen LogP contribution in [0.15, 0.2) is 53.7 Å². The van der Waals surface area contributed by atoms with Crippen LogP contribution in [0, 0.1) is 0 Å². The van der Waals surface area contributed by atoms with Gasteiger partial charge in [0.25, 0.3) is 0 Å². The quantitative estimate of drug-likeness (QED) is 0.521. The zero-order valence-electron chi connectivity index (χ0n) is 19.0. The average Bonchev–Trinajstić information content (AvgIpc) is 2.82. The Morgan fingerprint density at radius 1 is 1.00 bits per heavy atom. The minimum absolute atomic E-state index is 0.0464. The van der Waals surface area contributed by atoms with Gasteiger partial charge in [0, 0.05) is 5.02 Å². The Bertz CT molecular complexity index is 1100. The molecule has 2 aromatic carbocycles. The molecule has 1 aliphatic heterocycles. The minimum atomic E-state index is -0.801. The first-order valence-electron chi connectivity index (χ1n) is 10.5. The van der Waals surface area contributed by atoms with Gasteiger partial charge in [0.1, 0.15) is 6.61 Å². The van der Waals surface area contributed by atoms with Crippen LogP contribution in [-0.4, -0.2) is 45.4 Å². The molecule has 0 saturated heterocycles. The number of esters is 2. The molecule has 0 aromatic heterocycles. The molecule has 0 spiro atoms. The number of urea groups is 1. The molecule has 0 fully saturated rings. The first kappa shape index (κ1) is 24.9. The lowest BCUT2D eigenvalue weighted by molar-refractivity contribution is -0.143. The molecule has 34 heavy (non-hydrogen) atoms. The summed E-state index contributed by atoms with van der Waals surface area (Å²) in [6.07, 6.45) is -0.0464. The largest absolute Gasteiger partial charge is 0.493 e. The highest BCUT2D eigenvalue weighted by atomic mass is 35.5. The zero-order chi connectivity index (χ0) is 24.7. The Kier molecular flexibility index (Phi) is 8.37. The van der Waals surface area contributed by atoms with E-state index in [-0.39, 0.29) is 30.9 Å². The van der Waals surface area contributed by atoms with E-state index in [1.165, 1.54) is 14.2 Å². The number of carbonyl (C=O) groups excluding carboxylic acids is 3. The number of ether oxygens (including phenoxy) is 4. The van der Waals surface area contributed by atoms with Gasteiger partial charge in [0.05, 0.1) is 44.6 Å². The van der Waals surface area contributed by atoms with Gasteiger partial charge in [0.2, 0.25) is 0 Å². The Hall–Kier alpha value is -3.72. The molecular weight excluding hydrogens is 464 g/mol. The summed E-state index contributed by atoms with van der Waals surface area (Å²) in [7, 11) is 3.02. The normalized spacial score (nSPS) is 15.2. The molecule has 2 amide bonds. The number of nitrogens with one attached hydrogen (secondary N) is 2. The van der Waals surface area contributed by atoms with Crippen molar-refractivity contribution in [2.24, 2.45) is 0 Å². The summed E-state index contributed by atoms with van der Waals surface area (Å²) in [4.78, 5) is 37.6. The van der Waals surface area contributed by atoms with Crippen LogP contribution in [0.4, 0.5) is 4.79 Å². The van der Waals surface area contributed by atoms with Crippen LogP contribution in [0.3, 0.4) is 0 Å². The van der Waals surface area contributed by atoms with Crippen molar-refractivity contribution in [2.75, 3.05) is 27.4 Å². The molecule has 0 radical (unpaired) electrons. The molecular formula is C24H25ClN2O7. The summed E-state index contributed by atoms with van der Waals surface area (Å²) in [6.45, 7) is 1.49. The molecule has 9 nitrogen and oxygen atoms in total. The number of amides is 2. The molecule has 10 heteroatoms. The number of benzene rings is 2. The lowest BCUT2D eigenvalue weighted by Crippen LogP contribution is -2.47. The van der Waals surface area contributed by atoms with Crippen molar-refractivity contribution >= 4 is 29.6 Å². The third kappa shape index (κ3) is 5.99. The second kappa shape index (κ2) is 11.4. The van der Waals surface area contributed by atoms with Gasteiger partial charge in [-0.25, -0.2) is 9.59 Å². The van der Waals surface area contributed by atoms with E-state index in [1.54, 1.807) is 49.4 Å². The molecule has 1 unspecified atom stereocenters. The number of carbonyl (C=O) groups is 3. The Labute approximate surface area is 202 Å². The van der Waals surface area contributed by atoms with E-state index in [4.69, 9.17) is 30.5 Å². The molecule has 1 heterocycles. The number of rotatable bonds is 9. The van der Waals surface area contributed by atoms with Crippen molar-refractivity contribution < 1.29 is 33.3 Å². The van der Waals surface area contributed by atoms with Gasteiger partial charge in [0.15, 0.2) is 11.5 Å². The van der Waals surface area contributed by atoms with Crippen molar-refractivity contribution in [3.05, 3.63) is 69.9 Å². The molecule has 3 rings (SSSR count). The summed E-state index contributed by atoms with van der Waals surface area (Å²) < 4.78 is 21.0. The smallest absolute Gasteiger partial charge is 0.338 e. The van der Waals surface area contributed by atoms with Crippen LogP contribution >= 0.6 is 11.6 Å². The van der Waals surface area contributed by atoms with Crippen molar-refractivity contribution in [2.45, 2.75) is 19.4 Å². The summed E-state index contributed by atoms with van der Waals surface area (Å²) in [5.41, 5.74) is 1.55. The number of hydrogen-bond donors (Lipinski definition) is 2. The second-order valence-corrected chi connectivity index (χ2v) is 7.66. The van der Waals surface area contributed by atoms with Gasteiger partial charge in [-0.3, -0.25) is 4.79 Å². The van der Waals surface area contributed by atoms with E-state index < -0.39 is 24.0 Å². The molecule has 2 N–H and O–H groups in total. The van der Waals surface area contributed by atoms with Gasteiger partial charge in [-0.05, 0) is 42.3 Å². The first-order valence-corrected chi connectivity index (χ1v) is 10.8. The minimum Gasteiger partial charge on any atom is -0.493 e. The lowest BCUT2D eigenvalue weighted by atomic mass is 9.95. The van der Waals surface area contributed by atoms with Crippen molar-refractivity contribution in [1.29, 1.82) is 0 Å². The summed E-state index contributed by atoms with van der Waals surface area (Å²) >= 11 is 5.97. The first-order chi connectivity index (χ1) is 16.4. The molecule has 2 aromatic rings. The average molecular weight is 489 g/mol. The fourth-order valence-electron chi connectivity index (χ4n) is 3.45. The van der Waals surface area contributed by atoms with Crippen LogP contribution in [0.5, 0.6) is 11.5 Å². The van der Waals surface area contributed by atoms with Gasteiger partial charge in [-0.1, -0.05) is 29.8 Å². The topological polar surface area (TPSA) is 112 Å². The van der Waals surface area contributed by atoms with Crippen molar-refractivity contribution in [1.82, 2.24) is 10.6 Å². The predicted molar refractivity (Wildman–Crippen MR) is 124 cm³/mol. The Morgan fingerprint density at radius 3 is 2.35 bits per heavy atom. The van der Waals surface area contributed by atoms with Gasteiger partial charge < -0.3 is 29.6 Å². The Morgan fingerprint density at radius 2 is 1.71 bits per heavy atom. The highest BCUT2D eigenvalue weighted by Gasteiger charge is 2.34. The maximum Gasteiger partial charge on any atom is 0.338 e. The summed E-state index contributed by atoms with van der Waals surface area (Å²) in [6, 6.07) is 10.4. The monoisotopic (exact) mass is 488 g/mol. The molecule has 0 aliphatic carbocycles. The Balaban J connectivity index is 1.82. The summed E-state index contributed by atoms with van der Waals surface area (Å²) in [5, 5.41) is 5.77. The summed E-state index contributed by atoms with van der Waals surface area (Å²) in [5.74, 6) is -0.175. The van der Waals surface area contributed by atoms with Crippen molar-refractivity contribution in [3.63, 3.8) is 0 Å². The third-order valence-electron chi connectivity index (χ3n) is 5.03. The van der Waals surface area contributed by atoms with Crippen LogP contribution in [-0.2, 0) is 25.5 Å². The number of halogens is 1. The van der Waals surface area contributed by atoms with E-state index in [2.05, 4.69) is 10.6 Å². The SMILES string of the molecule is CCOC(=O)C1=C(COC(=O)Cc2ccc(OC)c(OC)c2)NC(=O)NC1c1ccc(Cl)cc1. The van der Waals surface area contributed by atoms with E-state index in [0.717, 1.165) is 0 Å². The van der Waals surface area contributed by atoms with E-state index in [0.29, 0.717) is 27.6 Å². The second-order valence-electron chi connectivity index (χ2n) is 7.22. The highest BCUT2D eigenvalue weighted by Crippen LogP contribution is 2.30. The molecule has 0 bridgehead atoms. The predicted octanol–water partition coefficient (Wildman–Crippen LogP) is 3.31. The standard InChI is InChI=1S/C24H25ClN2O7/c1-4-33-23(29)21-17(26-24(30)27-22(21)15-6-8-16(25)9-7-15)13-34-20(28)12-14-5-10-18(31-2)19(11-14)32-3/h5-11,22H,4,12-13H2,1-3H3,(H2,26,27,30). The van der Waals surface area contributed by atoms with E-state index in [1.807, 2.05) is 0 Å². The van der Waals surface area contributed by atoms with Crippen molar-refractivity contribution in [3.8, 4) is 11.5 Å². The van der Waals surface area contributed by atoms with E-state index in [9.17, 15) is 14.4 Å². The van der Waals surface area contributed by atoms with Crippen LogP contribution < -0.4 is 20.1 Å². The fraction of sp³-hybridized carbons (Fsp3) is 0.292. The zero-order valence-corrected chi connectivity index (χ0v) is 19.7. The van der Waals surface area contributed by atoms with E-state index >= 15 is 0 Å². The van der Waals surface area contributed by atoms with Crippen LogP contribution in [0.2, 0.25) is 5.02 Å². The number of hydrogen-bond acceptors (Lipinski definition) is 7. The molecule has 180 valence electrons. The molecule has 0 saturated carbocycles. The highest BCUT2D eigenvalue weighted by molar-refractivity contribution is 6.30. The van der Waals surface area contributed by atoms with Gasteiger partial charge >= 0.3 is 18.0 Å². The lowest BCUT2D eigenvalue weighted by Gasteiger charge is -2.29. The molecule has 1 aliphatic rings.